The number of phenols is 1. The van der Waals surface area contributed by atoms with E-state index < -0.39 is 6.10 Å². The molecule has 1 fully saturated rings. The molecule has 134 valence electrons. The average Bonchev–Trinajstić information content (AvgIpc) is 2.68. The summed E-state index contributed by atoms with van der Waals surface area (Å²) in [5, 5.41) is 18.8. The van der Waals surface area contributed by atoms with Crippen molar-refractivity contribution in [1.82, 2.24) is 4.90 Å². The van der Waals surface area contributed by atoms with Crippen LogP contribution in [0.15, 0.2) is 48.5 Å². The van der Waals surface area contributed by atoms with E-state index in [0.29, 0.717) is 37.5 Å². The van der Waals surface area contributed by atoms with Crippen LogP contribution in [-0.2, 0) is 4.79 Å². The molecule has 1 saturated heterocycles. The van der Waals surface area contributed by atoms with Crippen LogP contribution in [0, 0.1) is 11.3 Å². The number of para-hydroxylation sites is 2. The van der Waals surface area contributed by atoms with Gasteiger partial charge in [0.2, 0.25) is 0 Å². The Bertz CT molecular complexity index is 806. The second-order valence-corrected chi connectivity index (χ2v) is 6.20. The lowest BCUT2D eigenvalue weighted by Crippen LogP contribution is -2.52. The number of nitriles is 1. The number of ether oxygens (including phenoxy) is 1. The molecule has 0 aromatic heterocycles. The summed E-state index contributed by atoms with van der Waals surface area (Å²) >= 11 is 0. The molecule has 1 N–H and O–H groups in total. The quantitative estimate of drug-likeness (QED) is 0.915. The molecule has 0 radical (unpaired) electrons. The number of anilines is 1. The summed E-state index contributed by atoms with van der Waals surface area (Å²) in [4.78, 5) is 16.5. The zero-order valence-electron chi connectivity index (χ0n) is 14.6. The number of nitrogens with zero attached hydrogens (tertiary/aromatic N) is 3. The molecule has 2 aromatic carbocycles. The van der Waals surface area contributed by atoms with Crippen molar-refractivity contribution in [2.75, 3.05) is 31.1 Å². The van der Waals surface area contributed by atoms with Gasteiger partial charge in [0, 0.05) is 26.2 Å². The molecule has 0 aliphatic carbocycles. The van der Waals surface area contributed by atoms with Gasteiger partial charge in [-0.1, -0.05) is 12.1 Å². The fourth-order valence-electron chi connectivity index (χ4n) is 3.02. The fourth-order valence-corrected chi connectivity index (χ4v) is 3.02. The van der Waals surface area contributed by atoms with E-state index in [-0.39, 0.29) is 11.7 Å². The molecule has 0 spiro atoms. The lowest BCUT2D eigenvalue weighted by Gasteiger charge is -2.37. The second-order valence-electron chi connectivity index (χ2n) is 6.20. The van der Waals surface area contributed by atoms with E-state index >= 15 is 0 Å². The van der Waals surface area contributed by atoms with Crippen molar-refractivity contribution in [1.29, 1.82) is 5.26 Å². The van der Waals surface area contributed by atoms with E-state index in [9.17, 15) is 9.90 Å². The van der Waals surface area contributed by atoms with E-state index in [1.165, 1.54) is 0 Å². The largest absolute Gasteiger partial charge is 0.506 e. The molecule has 6 nitrogen and oxygen atoms in total. The lowest BCUT2D eigenvalue weighted by atomic mass is 10.2. The third-order valence-electron chi connectivity index (χ3n) is 4.46. The number of amides is 1. The SMILES string of the molecule is CC(Oc1ccc(C#N)cc1)C(=O)N1CCN(c2ccccc2O)CC1. The maximum absolute atomic E-state index is 12.6. The Kier molecular flexibility index (Phi) is 5.28. The number of aromatic hydroxyl groups is 1. The summed E-state index contributed by atoms with van der Waals surface area (Å²) in [6.07, 6.45) is -0.598. The Hall–Kier alpha value is -3.20. The second kappa shape index (κ2) is 7.79. The van der Waals surface area contributed by atoms with Gasteiger partial charge in [-0.15, -0.1) is 0 Å². The van der Waals surface area contributed by atoms with Gasteiger partial charge in [-0.3, -0.25) is 4.79 Å². The minimum Gasteiger partial charge on any atom is -0.506 e. The summed E-state index contributed by atoms with van der Waals surface area (Å²) in [6.45, 7) is 4.21. The van der Waals surface area contributed by atoms with Crippen LogP contribution in [0.4, 0.5) is 5.69 Å². The number of hydrogen-bond acceptors (Lipinski definition) is 5. The highest BCUT2D eigenvalue weighted by Crippen LogP contribution is 2.27. The number of benzene rings is 2. The lowest BCUT2D eigenvalue weighted by molar-refractivity contribution is -0.138. The minimum absolute atomic E-state index is 0.0636. The number of hydrogen-bond donors (Lipinski definition) is 1. The topological polar surface area (TPSA) is 76.8 Å². The average molecular weight is 351 g/mol. The van der Waals surface area contributed by atoms with Crippen molar-refractivity contribution >= 4 is 11.6 Å². The van der Waals surface area contributed by atoms with Gasteiger partial charge in [0.05, 0.1) is 17.3 Å². The van der Waals surface area contributed by atoms with Crippen LogP contribution >= 0.6 is 0 Å². The van der Waals surface area contributed by atoms with E-state index in [1.54, 1.807) is 48.2 Å². The first kappa shape index (κ1) is 17.6. The minimum atomic E-state index is -0.598. The third-order valence-corrected chi connectivity index (χ3v) is 4.46. The number of piperazine rings is 1. The molecule has 1 aliphatic rings. The van der Waals surface area contributed by atoms with Crippen molar-refractivity contribution in [3.8, 4) is 17.6 Å². The van der Waals surface area contributed by atoms with Gasteiger partial charge >= 0.3 is 0 Å². The Balaban J connectivity index is 1.56. The molecule has 0 bridgehead atoms. The monoisotopic (exact) mass is 351 g/mol. The molecule has 0 saturated carbocycles. The molecule has 1 heterocycles. The smallest absolute Gasteiger partial charge is 0.263 e. The van der Waals surface area contributed by atoms with E-state index in [0.717, 1.165) is 5.69 Å². The molecule has 2 aromatic rings. The van der Waals surface area contributed by atoms with Gasteiger partial charge in [-0.2, -0.15) is 5.26 Å². The van der Waals surface area contributed by atoms with Crippen molar-refractivity contribution in [2.24, 2.45) is 0 Å². The van der Waals surface area contributed by atoms with Crippen molar-refractivity contribution in [3.63, 3.8) is 0 Å². The standard InChI is InChI=1S/C20H21N3O3/c1-15(26-17-8-6-16(14-21)7-9-17)20(25)23-12-10-22(11-13-23)18-4-2-3-5-19(18)24/h2-9,15,24H,10-13H2,1H3. The van der Waals surface area contributed by atoms with Crippen LogP contribution in [0.3, 0.4) is 0 Å². The molecule has 26 heavy (non-hydrogen) atoms. The molecule has 1 unspecified atom stereocenters. The van der Waals surface area contributed by atoms with Crippen LogP contribution in [-0.4, -0.2) is 48.2 Å². The van der Waals surface area contributed by atoms with Crippen molar-refractivity contribution < 1.29 is 14.6 Å². The van der Waals surface area contributed by atoms with E-state index in [1.807, 2.05) is 12.1 Å². The number of carbonyl (C=O) groups is 1. The highest BCUT2D eigenvalue weighted by molar-refractivity contribution is 5.81. The van der Waals surface area contributed by atoms with Gasteiger partial charge in [-0.05, 0) is 43.3 Å². The number of rotatable bonds is 4. The zero-order valence-corrected chi connectivity index (χ0v) is 14.6. The van der Waals surface area contributed by atoms with Crippen molar-refractivity contribution in [2.45, 2.75) is 13.0 Å². The summed E-state index contributed by atoms with van der Waals surface area (Å²) in [7, 11) is 0. The Morgan fingerprint density at radius 2 is 1.77 bits per heavy atom. The van der Waals surface area contributed by atoms with Crippen LogP contribution in [0.25, 0.3) is 0 Å². The summed E-state index contributed by atoms with van der Waals surface area (Å²) in [5.74, 6) is 0.758. The maximum Gasteiger partial charge on any atom is 0.263 e. The van der Waals surface area contributed by atoms with Gasteiger partial charge < -0.3 is 19.6 Å². The van der Waals surface area contributed by atoms with Gasteiger partial charge in [0.25, 0.3) is 5.91 Å². The van der Waals surface area contributed by atoms with Gasteiger partial charge in [-0.25, -0.2) is 0 Å². The van der Waals surface area contributed by atoms with E-state index in [4.69, 9.17) is 10.00 Å². The van der Waals surface area contributed by atoms with Crippen LogP contribution < -0.4 is 9.64 Å². The summed E-state index contributed by atoms with van der Waals surface area (Å²) < 4.78 is 5.71. The Labute approximate surface area is 152 Å². The third kappa shape index (κ3) is 3.89. The Morgan fingerprint density at radius 1 is 1.12 bits per heavy atom. The van der Waals surface area contributed by atoms with E-state index in [2.05, 4.69) is 11.0 Å². The molecule has 1 atom stereocenters. The predicted molar refractivity (Wildman–Crippen MR) is 98.1 cm³/mol. The first-order valence-corrected chi connectivity index (χ1v) is 8.57. The Morgan fingerprint density at radius 3 is 2.38 bits per heavy atom. The molecule has 6 heteroatoms. The van der Waals surface area contributed by atoms with Gasteiger partial charge in [0.15, 0.2) is 6.10 Å². The van der Waals surface area contributed by atoms with Crippen LogP contribution in [0.1, 0.15) is 12.5 Å². The van der Waals surface area contributed by atoms with Crippen LogP contribution in [0.5, 0.6) is 11.5 Å². The molecule has 3 rings (SSSR count). The van der Waals surface area contributed by atoms with Crippen molar-refractivity contribution in [3.05, 3.63) is 54.1 Å². The summed E-state index contributed by atoms with van der Waals surface area (Å²) in [5.41, 5.74) is 1.35. The molecule has 1 amide bonds. The molecular formula is C20H21N3O3. The fraction of sp³-hybridized carbons (Fsp3) is 0.300. The first-order valence-electron chi connectivity index (χ1n) is 8.57. The van der Waals surface area contributed by atoms with Gasteiger partial charge in [0.1, 0.15) is 11.5 Å². The van der Waals surface area contributed by atoms with Crippen LogP contribution in [0.2, 0.25) is 0 Å². The zero-order chi connectivity index (χ0) is 18.5. The first-order chi connectivity index (χ1) is 12.6. The number of phenolic OH excluding ortho intramolecular Hbond substituents is 1. The maximum atomic E-state index is 12.6. The summed E-state index contributed by atoms with van der Waals surface area (Å²) in [6, 6.07) is 16.0. The number of carbonyl (C=O) groups excluding carboxylic acids is 1. The highest BCUT2D eigenvalue weighted by Gasteiger charge is 2.26. The molecular weight excluding hydrogens is 330 g/mol. The highest BCUT2D eigenvalue weighted by atomic mass is 16.5. The predicted octanol–water partition coefficient (Wildman–Crippen LogP) is 2.38. The molecule has 1 aliphatic heterocycles. The normalized spacial score (nSPS) is 15.2.